The van der Waals surface area contributed by atoms with Crippen molar-refractivity contribution in [3.05, 3.63) is 48.5 Å². The number of piperidine rings is 1. The Labute approximate surface area is 194 Å². The number of methoxy groups -OCH3 is 1. The van der Waals surface area contributed by atoms with Gasteiger partial charge >= 0.3 is 0 Å². The normalized spacial score (nSPS) is 15.8. The third kappa shape index (κ3) is 5.27. The summed E-state index contributed by atoms with van der Waals surface area (Å²) >= 11 is 1.78. The van der Waals surface area contributed by atoms with Gasteiger partial charge in [-0.1, -0.05) is 36.0 Å². The number of anilines is 2. The second kappa shape index (κ2) is 10.9. The van der Waals surface area contributed by atoms with Crippen LogP contribution in [0.1, 0.15) is 25.7 Å². The molecule has 0 unspecified atom stereocenters. The average Bonchev–Trinajstić information content (AvgIpc) is 2.84. The number of rotatable bonds is 8. The van der Waals surface area contributed by atoms with Crippen LogP contribution in [0.5, 0.6) is 0 Å². The van der Waals surface area contributed by atoms with Crippen molar-refractivity contribution in [2.45, 2.75) is 35.5 Å². The number of nitrogens with zero attached hydrogens (tertiary/aromatic N) is 2. The molecule has 0 aromatic heterocycles. The fraction of sp³-hybridized carbons (Fsp3) is 0.440. The Hall–Kier alpha value is -2.51. The number of fused-ring (bicyclic) bond motifs is 2. The molecular weight excluding hydrogens is 422 g/mol. The van der Waals surface area contributed by atoms with Gasteiger partial charge in [-0.05, 0) is 43.5 Å². The van der Waals surface area contributed by atoms with Gasteiger partial charge in [0.15, 0.2) is 0 Å². The molecule has 2 heterocycles. The summed E-state index contributed by atoms with van der Waals surface area (Å²) in [5.41, 5.74) is 2.32. The van der Waals surface area contributed by atoms with Gasteiger partial charge in [0.05, 0.1) is 11.4 Å². The third-order valence-electron chi connectivity index (χ3n) is 6.12. The molecule has 0 spiro atoms. The molecule has 1 N–H and O–H groups in total. The molecule has 2 aromatic carbocycles. The summed E-state index contributed by atoms with van der Waals surface area (Å²) in [6, 6.07) is 16.7. The summed E-state index contributed by atoms with van der Waals surface area (Å²) in [5.74, 6) is 0.267. The lowest BCUT2D eigenvalue weighted by atomic mass is 9.95. The van der Waals surface area contributed by atoms with E-state index in [0.29, 0.717) is 39.2 Å². The van der Waals surface area contributed by atoms with Gasteiger partial charge in [-0.3, -0.25) is 9.59 Å². The predicted octanol–water partition coefficient (Wildman–Crippen LogP) is 4.07. The van der Waals surface area contributed by atoms with Crippen LogP contribution in [-0.2, 0) is 14.3 Å². The number of nitrogens with one attached hydrogen (secondary N) is 1. The van der Waals surface area contributed by atoms with Crippen molar-refractivity contribution in [2.75, 3.05) is 44.8 Å². The summed E-state index contributed by atoms with van der Waals surface area (Å²) in [5, 5.41) is 2.99. The van der Waals surface area contributed by atoms with E-state index in [4.69, 9.17) is 4.74 Å². The number of ether oxygens (including phenoxy) is 1. The molecule has 2 aliphatic rings. The van der Waals surface area contributed by atoms with Crippen LogP contribution in [0.4, 0.5) is 11.4 Å². The minimum atomic E-state index is -0.000493. The number of para-hydroxylation sites is 2. The van der Waals surface area contributed by atoms with Gasteiger partial charge in [0.1, 0.15) is 0 Å². The second-order valence-corrected chi connectivity index (χ2v) is 9.32. The van der Waals surface area contributed by atoms with Crippen LogP contribution in [-0.4, -0.2) is 56.6 Å². The van der Waals surface area contributed by atoms with Gasteiger partial charge in [0.25, 0.3) is 0 Å². The van der Waals surface area contributed by atoms with Crippen LogP contribution < -0.4 is 10.2 Å². The predicted molar refractivity (Wildman–Crippen MR) is 127 cm³/mol. The van der Waals surface area contributed by atoms with Gasteiger partial charge in [-0.25, -0.2) is 0 Å². The van der Waals surface area contributed by atoms with E-state index in [9.17, 15) is 9.59 Å². The van der Waals surface area contributed by atoms with Crippen molar-refractivity contribution in [1.29, 1.82) is 0 Å². The topological polar surface area (TPSA) is 61.9 Å². The monoisotopic (exact) mass is 453 g/mol. The Kier molecular flexibility index (Phi) is 7.71. The molecule has 32 heavy (non-hydrogen) atoms. The molecule has 0 bridgehead atoms. The van der Waals surface area contributed by atoms with Crippen LogP contribution in [0.2, 0.25) is 0 Å². The van der Waals surface area contributed by atoms with E-state index in [-0.39, 0.29) is 17.7 Å². The first-order valence-electron chi connectivity index (χ1n) is 11.3. The first kappa shape index (κ1) is 22.7. The van der Waals surface area contributed by atoms with Crippen molar-refractivity contribution >= 4 is 35.0 Å². The van der Waals surface area contributed by atoms with Crippen molar-refractivity contribution in [3.8, 4) is 0 Å². The summed E-state index contributed by atoms with van der Waals surface area (Å²) in [6.07, 6.45) is 2.74. The molecule has 170 valence electrons. The Morgan fingerprint density at radius 2 is 1.66 bits per heavy atom. The molecule has 0 saturated carbocycles. The summed E-state index contributed by atoms with van der Waals surface area (Å²) in [7, 11) is 1.66. The third-order valence-corrected chi connectivity index (χ3v) is 7.25. The van der Waals surface area contributed by atoms with Gasteiger partial charge in [-0.15, -0.1) is 0 Å². The first-order valence-corrected chi connectivity index (χ1v) is 12.2. The van der Waals surface area contributed by atoms with E-state index in [1.807, 2.05) is 17.0 Å². The molecule has 0 radical (unpaired) electrons. The minimum absolute atomic E-state index is 0.000493. The Balaban J connectivity index is 1.30. The van der Waals surface area contributed by atoms with Crippen LogP contribution in [0.25, 0.3) is 0 Å². The second-order valence-electron chi connectivity index (χ2n) is 8.23. The molecule has 2 aromatic rings. The molecule has 7 heteroatoms. The average molecular weight is 454 g/mol. The molecular formula is C25H31N3O3S. The largest absolute Gasteiger partial charge is 0.385 e. The maximum absolute atomic E-state index is 13.0. The summed E-state index contributed by atoms with van der Waals surface area (Å²) < 4.78 is 5.02. The summed E-state index contributed by atoms with van der Waals surface area (Å²) in [6.45, 7) is 3.24. The molecule has 0 atom stereocenters. The summed E-state index contributed by atoms with van der Waals surface area (Å²) in [4.78, 5) is 31.9. The highest BCUT2D eigenvalue weighted by Gasteiger charge is 2.28. The lowest BCUT2D eigenvalue weighted by Crippen LogP contribution is -2.43. The quantitative estimate of drug-likeness (QED) is 0.611. The lowest BCUT2D eigenvalue weighted by Gasteiger charge is -2.34. The standard InChI is InChI=1S/C25H31N3O3S/c1-31-18-6-14-26-25(30)19-11-15-27(16-12-19)24(29)13-17-28-20-7-2-4-9-22(20)32-23-10-5-3-8-21(23)28/h2-5,7-10,19H,6,11-18H2,1H3,(H,26,30). The molecule has 4 rings (SSSR count). The molecule has 1 fully saturated rings. The van der Waals surface area contributed by atoms with E-state index in [1.165, 1.54) is 9.79 Å². The highest BCUT2D eigenvalue weighted by atomic mass is 32.2. The number of carbonyl (C=O) groups excluding carboxylic acids is 2. The van der Waals surface area contributed by atoms with Crippen LogP contribution in [0, 0.1) is 5.92 Å². The van der Waals surface area contributed by atoms with E-state index in [2.05, 4.69) is 46.6 Å². The van der Waals surface area contributed by atoms with Gasteiger partial charge in [0, 0.05) is 62.0 Å². The zero-order chi connectivity index (χ0) is 22.3. The van der Waals surface area contributed by atoms with E-state index < -0.39 is 0 Å². The molecule has 0 aliphatic carbocycles. The maximum Gasteiger partial charge on any atom is 0.224 e. The SMILES string of the molecule is COCCCNC(=O)C1CCN(C(=O)CCN2c3ccccc3Sc3ccccc32)CC1. The lowest BCUT2D eigenvalue weighted by molar-refractivity contribution is -0.135. The number of likely N-dealkylation sites (tertiary alicyclic amines) is 1. The van der Waals surface area contributed by atoms with Gasteiger partial charge < -0.3 is 19.9 Å². The van der Waals surface area contributed by atoms with Crippen LogP contribution in [0.15, 0.2) is 58.3 Å². The van der Waals surface area contributed by atoms with Gasteiger partial charge in [-0.2, -0.15) is 0 Å². The Morgan fingerprint density at radius 3 is 2.28 bits per heavy atom. The highest BCUT2D eigenvalue weighted by Crippen LogP contribution is 2.47. The Bertz CT molecular complexity index is 898. The Morgan fingerprint density at radius 1 is 1.03 bits per heavy atom. The molecule has 2 amide bonds. The number of amides is 2. The fourth-order valence-electron chi connectivity index (χ4n) is 4.35. The van der Waals surface area contributed by atoms with Crippen molar-refractivity contribution in [1.82, 2.24) is 10.2 Å². The zero-order valence-corrected chi connectivity index (χ0v) is 19.4. The maximum atomic E-state index is 13.0. The number of hydrogen-bond donors (Lipinski definition) is 1. The molecule has 2 aliphatic heterocycles. The van der Waals surface area contributed by atoms with Crippen LogP contribution in [0.3, 0.4) is 0 Å². The number of hydrogen-bond acceptors (Lipinski definition) is 5. The molecule has 1 saturated heterocycles. The first-order chi connectivity index (χ1) is 15.7. The van der Waals surface area contributed by atoms with Crippen molar-refractivity contribution < 1.29 is 14.3 Å². The zero-order valence-electron chi connectivity index (χ0n) is 18.6. The molecule has 6 nitrogen and oxygen atoms in total. The van der Waals surface area contributed by atoms with Crippen LogP contribution >= 0.6 is 11.8 Å². The highest BCUT2D eigenvalue weighted by molar-refractivity contribution is 7.99. The van der Waals surface area contributed by atoms with Gasteiger partial charge in [0.2, 0.25) is 11.8 Å². The fourth-order valence-corrected chi connectivity index (χ4v) is 5.45. The van der Waals surface area contributed by atoms with Crippen molar-refractivity contribution in [2.24, 2.45) is 5.92 Å². The van der Waals surface area contributed by atoms with E-state index in [1.54, 1.807) is 18.9 Å². The minimum Gasteiger partial charge on any atom is -0.385 e. The van der Waals surface area contributed by atoms with E-state index in [0.717, 1.165) is 30.6 Å². The van der Waals surface area contributed by atoms with E-state index >= 15 is 0 Å². The number of carbonyl (C=O) groups is 2. The number of benzene rings is 2. The van der Waals surface area contributed by atoms with Crippen molar-refractivity contribution in [3.63, 3.8) is 0 Å². The smallest absolute Gasteiger partial charge is 0.224 e.